The fraction of sp³-hybridized carbons (Fsp3) is 0.565. The SMILES string of the molecule is CC1CCC(C)C2C=C[C@@]3(C)Oc4c(C=O)c(O)c(c(O)c4C[C@H]3C2)C(=O)C1. The molecule has 0 fully saturated rings. The maximum atomic E-state index is 12.9. The van der Waals surface area contributed by atoms with Gasteiger partial charge in [-0.2, -0.15) is 0 Å². The van der Waals surface area contributed by atoms with Gasteiger partial charge in [0.05, 0.1) is 5.56 Å². The van der Waals surface area contributed by atoms with Crippen LogP contribution < -0.4 is 4.74 Å². The third-order valence-corrected chi connectivity index (χ3v) is 7.12. The zero-order valence-electron chi connectivity index (χ0n) is 16.7. The first-order valence-electron chi connectivity index (χ1n) is 10.2. The lowest BCUT2D eigenvalue weighted by Crippen LogP contribution is -2.47. The Bertz CT molecular complexity index is 870. The highest BCUT2D eigenvalue weighted by Crippen LogP contribution is 2.52. The highest BCUT2D eigenvalue weighted by molar-refractivity contribution is 6.05. The van der Waals surface area contributed by atoms with Crippen LogP contribution in [0.1, 0.15) is 72.7 Å². The molecular weight excluding hydrogens is 356 g/mol. The van der Waals surface area contributed by atoms with Crippen molar-refractivity contribution in [2.75, 3.05) is 0 Å². The fourth-order valence-electron chi connectivity index (χ4n) is 5.12. The number of fused-ring (bicyclic) bond motifs is 2. The van der Waals surface area contributed by atoms with Crippen molar-refractivity contribution in [3.8, 4) is 17.2 Å². The number of aromatic hydroxyl groups is 2. The van der Waals surface area contributed by atoms with Crippen LogP contribution >= 0.6 is 0 Å². The molecule has 4 rings (SSSR count). The Hall–Kier alpha value is -2.30. The Morgan fingerprint density at radius 3 is 2.64 bits per heavy atom. The van der Waals surface area contributed by atoms with Gasteiger partial charge in [-0.05, 0) is 50.0 Å². The zero-order chi connectivity index (χ0) is 20.2. The van der Waals surface area contributed by atoms with Crippen LogP contribution in [0.3, 0.4) is 0 Å². The standard InChI is InChI=1S/C23H28O5/c1-12-4-5-13(2)14-6-7-23(3)15(9-14)10-16-20(26)19(18(25)8-12)21(27)17(11-24)22(16)28-23/h6-7,11-15,26-27H,4-5,8-10H2,1-3H3/t12?,13?,14?,15-,23-/m1/s1. The van der Waals surface area contributed by atoms with Crippen molar-refractivity contribution < 1.29 is 24.5 Å². The lowest BCUT2D eigenvalue weighted by Gasteiger charge is -2.46. The quantitative estimate of drug-likeness (QED) is 0.553. The van der Waals surface area contributed by atoms with Crippen molar-refractivity contribution in [3.63, 3.8) is 0 Å². The van der Waals surface area contributed by atoms with Crippen molar-refractivity contribution in [2.24, 2.45) is 23.7 Å². The van der Waals surface area contributed by atoms with E-state index in [1.54, 1.807) is 0 Å². The van der Waals surface area contributed by atoms with Crippen molar-refractivity contribution in [2.45, 2.75) is 58.5 Å². The van der Waals surface area contributed by atoms with E-state index in [2.05, 4.69) is 19.1 Å². The van der Waals surface area contributed by atoms with E-state index < -0.39 is 11.4 Å². The molecule has 3 unspecified atom stereocenters. The lowest BCUT2D eigenvalue weighted by molar-refractivity contribution is 0.0288. The molecule has 0 saturated heterocycles. The van der Waals surface area contributed by atoms with Gasteiger partial charge in [0, 0.05) is 17.9 Å². The molecule has 0 aromatic heterocycles. The minimum atomic E-state index is -0.598. The summed E-state index contributed by atoms with van der Waals surface area (Å²) >= 11 is 0. The summed E-state index contributed by atoms with van der Waals surface area (Å²) in [5, 5.41) is 21.6. The number of rotatable bonds is 1. The largest absolute Gasteiger partial charge is 0.507 e. The second-order valence-corrected chi connectivity index (χ2v) is 9.14. The first-order valence-corrected chi connectivity index (χ1v) is 10.2. The molecule has 1 aromatic rings. The Balaban J connectivity index is 1.94. The molecule has 2 aliphatic carbocycles. The summed E-state index contributed by atoms with van der Waals surface area (Å²) < 4.78 is 6.22. The van der Waals surface area contributed by atoms with Crippen molar-refractivity contribution >= 4 is 12.1 Å². The predicted molar refractivity (Wildman–Crippen MR) is 105 cm³/mol. The second kappa shape index (κ2) is 6.64. The van der Waals surface area contributed by atoms with Gasteiger partial charge in [0.15, 0.2) is 12.1 Å². The van der Waals surface area contributed by atoms with Crippen LogP contribution in [-0.4, -0.2) is 27.9 Å². The number of carbonyl (C=O) groups is 2. The summed E-state index contributed by atoms with van der Waals surface area (Å²) in [5.74, 6) is 0.379. The van der Waals surface area contributed by atoms with E-state index in [4.69, 9.17) is 4.74 Å². The number of hydrogen-bond donors (Lipinski definition) is 2. The molecule has 0 radical (unpaired) electrons. The molecule has 5 atom stereocenters. The van der Waals surface area contributed by atoms with Crippen LogP contribution in [0.2, 0.25) is 0 Å². The molecule has 28 heavy (non-hydrogen) atoms. The Labute approximate surface area is 165 Å². The van der Waals surface area contributed by atoms with Crippen molar-refractivity contribution in [1.29, 1.82) is 0 Å². The van der Waals surface area contributed by atoms with Crippen molar-refractivity contribution in [3.05, 3.63) is 28.8 Å². The number of ketones is 1. The van der Waals surface area contributed by atoms with Gasteiger partial charge >= 0.3 is 0 Å². The molecule has 0 amide bonds. The van der Waals surface area contributed by atoms with Crippen LogP contribution in [0, 0.1) is 23.7 Å². The van der Waals surface area contributed by atoms with Crippen LogP contribution in [0.15, 0.2) is 12.2 Å². The molecule has 3 aliphatic rings. The highest BCUT2D eigenvalue weighted by atomic mass is 16.5. The third-order valence-electron chi connectivity index (χ3n) is 7.12. The van der Waals surface area contributed by atoms with E-state index in [1.807, 2.05) is 13.8 Å². The number of allylic oxidation sites excluding steroid dienone is 1. The number of Topliss-reactive ketones (excluding diaryl/α,β-unsaturated/α-hetero) is 1. The Morgan fingerprint density at radius 2 is 1.93 bits per heavy atom. The van der Waals surface area contributed by atoms with Crippen LogP contribution in [0.5, 0.6) is 17.2 Å². The van der Waals surface area contributed by atoms with Crippen LogP contribution in [0.4, 0.5) is 0 Å². The van der Waals surface area contributed by atoms with E-state index in [0.717, 1.165) is 19.3 Å². The topological polar surface area (TPSA) is 83.8 Å². The molecule has 5 heteroatoms. The molecule has 1 aliphatic heterocycles. The fourth-order valence-corrected chi connectivity index (χ4v) is 5.12. The minimum Gasteiger partial charge on any atom is -0.507 e. The first kappa shape index (κ1) is 19.0. The highest BCUT2D eigenvalue weighted by Gasteiger charge is 2.46. The van der Waals surface area contributed by atoms with Gasteiger partial charge < -0.3 is 14.9 Å². The van der Waals surface area contributed by atoms with E-state index in [0.29, 0.717) is 30.1 Å². The van der Waals surface area contributed by atoms with Gasteiger partial charge in [-0.15, -0.1) is 0 Å². The number of carbonyl (C=O) groups excluding carboxylic acids is 2. The van der Waals surface area contributed by atoms with E-state index in [9.17, 15) is 19.8 Å². The molecule has 5 nitrogen and oxygen atoms in total. The maximum absolute atomic E-state index is 12.9. The first-order chi connectivity index (χ1) is 13.2. The molecular formula is C23H28O5. The average Bonchev–Trinajstić information content (AvgIpc) is 2.64. The monoisotopic (exact) mass is 384 g/mol. The van der Waals surface area contributed by atoms with Gasteiger partial charge in [0.2, 0.25) is 0 Å². The molecule has 1 heterocycles. The molecule has 2 N–H and O–H groups in total. The third kappa shape index (κ3) is 2.83. The average molecular weight is 384 g/mol. The predicted octanol–water partition coefficient (Wildman–Crippen LogP) is 4.44. The smallest absolute Gasteiger partial charge is 0.170 e. The maximum Gasteiger partial charge on any atom is 0.170 e. The summed E-state index contributed by atoms with van der Waals surface area (Å²) in [6.45, 7) is 6.26. The Morgan fingerprint density at radius 1 is 1.18 bits per heavy atom. The number of phenolic OH excluding ortho intramolecular Hbond substituents is 2. The van der Waals surface area contributed by atoms with Gasteiger partial charge in [0.25, 0.3) is 0 Å². The number of aldehydes is 1. The lowest BCUT2D eigenvalue weighted by atomic mass is 9.68. The summed E-state index contributed by atoms with van der Waals surface area (Å²) in [6, 6.07) is 0. The van der Waals surface area contributed by atoms with Gasteiger partial charge in [-0.25, -0.2) is 0 Å². The van der Waals surface area contributed by atoms with Crippen LogP contribution in [-0.2, 0) is 6.42 Å². The number of benzene rings is 1. The van der Waals surface area contributed by atoms with Gasteiger partial charge in [0.1, 0.15) is 28.4 Å². The van der Waals surface area contributed by atoms with Crippen molar-refractivity contribution in [1.82, 2.24) is 0 Å². The molecule has 0 saturated carbocycles. The summed E-state index contributed by atoms with van der Waals surface area (Å²) in [6.07, 6.45) is 8.42. The molecule has 1 aromatic carbocycles. The zero-order valence-corrected chi connectivity index (χ0v) is 16.7. The number of hydrogen-bond acceptors (Lipinski definition) is 5. The summed E-state index contributed by atoms with van der Waals surface area (Å²) in [5.41, 5.74) is -0.296. The molecule has 0 spiro atoms. The van der Waals surface area contributed by atoms with E-state index in [1.165, 1.54) is 0 Å². The minimum absolute atomic E-state index is 0.0396. The summed E-state index contributed by atoms with van der Waals surface area (Å²) in [7, 11) is 0. The molecule has 150 valence electrons. The second-order valence-electron chi connectivity index (χ2n) is 9.14. The van der Waals surface area contributed by atoms with E-state index >= 15 is 0 Å². The molecule has 4 bridgehead atoms. The summed E-state index contributed by atoms with van der Waals surface area (Å²) in [4.78, 5) is 24.7. The number of phenols is 2. The van der Waals surface area contributed by atoms with E-state index in [-0.39, 0.29) is 46.7 Å². The van der Waals surface area contributed by atoms with Gasteiger partial charge in [-0.3, -0.25) is 9.59 Å². The Kier molecular flexibility index (Phi) is 4.52. The normalized spacial score (nSPS) is 34.3. The van der Waals surface area contributed by atoms with Crippen LogP contribution in [0.25, 0.3) is 0 Å². The number of ether oxygens (including phenoxy) is 1. The van der Waals surface area contributed by atoms with Gasteiger partial charge in [-0.1, -0.05) is 26.3 Å².